The zero-order valence-corrected chi connectivity index (χ0v) is 22.5. The quantitative estimate of drug-likeness (QED) is 0.237. The van der Waals surface area contributed by atoms with E-state index in [0.717, 1.165) is 61.0 Å². The van der Waals surface area contributed by atoms with E-state index in [9.17, 15) is 9.59 Å². The largest absolute Gasteiger partial charge is 0.340 e. The van der Waals surface area contributed by atoms with Gasteiger partial charge in [-0.25, -0.2) is 9.61 Å². The predicted molar refractivity (Wildman–Crippen MR) is 147 cm³/mol. The van der Waals surface area contributed by atoms with Gasteiger partial charge in [-0.05, 0) is 79.7 Å². The normalized spacial score (nSPS) is 14.9. The molecule has 1 aliphatic rings. The van der Waals surface area contributed by atoms with Crippen molar-refractivity contribution in [2.45, 2.75) is 58.4 Å². The third kappa shape index (κ3) is 5.89. The van der Waals surface area contributed by atoms with Gasteiger partial charge < -0.3 is 10.6 Å². The summed E-state index contributed by atoms with van der Waals surface area (Å²) in [6.07, 6.45) is 9.83. The van der Waals surface area contributed by atoms with Crippen molar-refractivity contribution in [2.75, 3.05) is 5.32 Å². The highest BCUT2D eigenvalue weighted by molar-refractivity contribution is 6.04. The number of ketones is 1. The molecule has 0 saturated heterocycles. The zero-order valence-electron chi connectivity index (χ0n) is 22.5. The van der Waals surface area contributed by atoms with Crippen molar-refractivity contribution >= 4 is 23.2 Å². The second-order valence-electron chi connectivity index (χ2n) is 10.2. The summed E-state index contributed by atoms with van der Waals surface area (Å²) < 4.78 is 6.53. The van der Waals surface area contributed by atoms with Crippen molar-refractivity contribution in [3.05, 3.63) is 71.3 Å². The van der Waals surface area contributed by atoms with Gasteiger partial charge in [-0.2, -0.15) is 5.10 Å². The number of nitrogens with zero attached hydrogens (tertiary/aromatic N) is 5. The van der Waals surface area contributed by atoms with Crippen LogP contribution in [0, 0.1) is 19.8 Å². The summed E-state index contributed by atoms with van der Waals surface area (Å²) in [5, 5.41) is 18.0. The number of anilines is 2. The summed E-state index contributed by atoms with van der Waals surface area (Å²) in [6.45, 7) is 3.68. The number of aromatic nitrogens is 5. The van der Waals surface area contributed by atoms with Gasteiger partial charge in [0.1, 0.15) is 11.5 Å². The predicted octanol–water partition coefficient (Wildman–Crippen LogP) is 5.18. The van der Waals surface area contributed by atoms with E-state index in [1.807, 2.05) is 55.3 Å². The molecular weight excluding hydrogens is 494 g/mol. The monoisotopic (exact) mass is 527 g/mol. The first-order valence-electron chi connectivity index (χ1n) is 13.4. The van der Waals surface area contributed by atoms with Crippen molar-refractivity contribution in [3.8, 4) is 11.3 Å². The van der Waals surface area contributed by atoms with E-state index in [1.165, 1.54) is 0 Å². The Bertz CT molecular complexity index is 1410. The number of Topliss-reactive ketones (excluding diaryl/α,β-unsaturated/α-hetero) is 1. The second-order valence-corrected chi connectivity index (χ2v) is 10.2. The number of benzene rings is 1. The number of hydrogen-bond acceptors (Lipinski definition) is 8. The van der Waals surface area contributed by atoms with Crippen molar-refractivity contribution < 1.29 is 14.2 Å². The van der Waals surface area contributed by atoms with E-state index < -0.39 is 11.9 Å². The second kappa shape index (κ2) is 11.6. The number of hydrogen-bond donors (Lipinski definition) is 2. The van der Waals surface area contributed by atoms with Crippen molar-refractivity contribution in [3.63, 3.8) is 0 Å². The lowest BCUT2D eigenvalue weighted by Gasteiger charge is -2.26. The lowest BCUT2D eigenvalue weighted by Crippen LogP contribution is -2.46. The van der Waals surface area contributed by atoms with E-state index in [2.05, 4.69) is 31.0 Å². The van der Waals surface area contributed by atoms with Gasteiger partial charge in [0, 0.05) is 30.1 Å². The molecule has 10 heteroatoms. The van der Waals surface area contributed by atoms with E-state index in [-0.39, 0.29) is 17.4 Å². The summed E-state index contributed by atoms with van der Waals surface area (Å²) in [6, 6.07) is 10.6. The third-order valence-electron chi connectivity index (χ3n) is 7.41. The van der Waals surface area contributed by atoms with Crippen molar-refractivity contribution in [1.29, 1.82) is 0 Å². The number of rotatable bonds is 8. The molecule has 39 heavy (non-hydrogen) atoms. The molecule has 1 amide bonds. The Hall–Kier alpha value is -4.34. The van der Waals surface area contributed by atoms with E-state index in [0.29, 0.717) is 17.1 Å². The smallest absolute Gasteiger partial charge is 0.276 e. The Kier molecular flexibility index (Phi) is 7.81. The van der Waals surface area contributed by atoms with Gasteiger partial charge >= 0.3 is 0 Å². The highest BCUT2D eigenvalue weighted by Gasteiger charge is 2.32. The fourth-order valence-corrected chi connectivity index (χ4v) is 5.30. The molecule has 1 atom stereocenters. The van der Waals surface area contributed by atoms with Crippen LogP contribution in [0.3, 0.4) is 0 Å². The number of carbonyl (C=O) groups is 2. The molecule has 0 bridgehead atoms. The van der Waals surface area contributed by atoms with Crippen LogP contribution < -0.4 is 10.6 Å². The third-order valence-corrected chi connectivity index (χ3v) is 7.41. The van der Waals surface area contributed by atoms with Gasteiger partial charge in [-0.1, -0.05) is 30.8 Å². The van der Waals surface area contributed by atoms with Gasteiger partial charge in [-0.15, -0.1) is 0 Å². The Balaban J connectivity index is 1.30. The van der Waals surface area contributed by atoms with Gasteiger partial charge in [-0.3, -0.25) is 14.3 Å². The SMILES string of the molecule is Cc1cnn(C)c1-c1ccc(Nc2ccc(C(=O)[C@@H](NC(=O)c3nonc3C)C3CCCCCC3)cc2)nc1. The Labute approximate surface area is 227 Å². The highest BCUT2D eigenvalue weighted by atomic mass is 16.6. The lowest BCUT2D eigenvalue weighted by atomic mass is 9.86. The van der Waals surface area contributed by atoms with Crippen LogP contribution in [0.25, 0.3) is 11.3 Å². The standard InChI is InChI=1S/C29H33N7O3/c1-18-16-31-36(3)27(18)22-12-15-24(30-17-22)32-23-13-10-21(11-14-23)28(37)26(20-8-6-4-5-7-9-20)33-29(38)25-19(2)34-39-35-25/h10-17,20,26H,4-9H2,1-3H3,(H,30,32)(H,33,38)/t26-/m0/s1. The van der Waals surface area contributed by atoms with Gasteiger partial charge in [0.15, 0.2) is 11.5 Å². The average molecular weight is 528 g/mol. The molecule has 1 saturated carbocycles. The maximum Gasteiger partial charge on any atom is 0.276 e. The molecule has 3 aromatic heterocycles. The molecule has 4 aromatic rings. The van der Waals surface area contributed by atoms with Crippen LogP contribution in [0.5, 0.6) is 0 Å². The average Bonchev–Trinajstić information content (AvgIpc) is 3.40. The van der Waals surface area contributed by atoms with E-state index in [1.54, 1.807) is 19.1 Å². The zero-order chi connectivity index (χ0) is 27.4. The van der Waals surface area contributed by atoms with Crippen LogP contribution in [-0.4, -0.2) is 42.8 Å². The first kappa shape index (κ1) is 26.3. The topological polar surface area (TPSA) is 128 Å². The maximum atomic E-state index is 13.7. The summed E-state index contributed by atoms with van der Waals surface area (Å²) >= 11 is 0. The molecule has 0 aliphatic heterocycles. The summed E-state index contributed by atoms with van der Waals surface area (Å²) in [5.74, 6) is 0.209. The van der Waals surface area contributed by atoms with Gasteiger partial charge in [0.2, 0.25) is 0 Å². The molecule has 2 N–H and O–H groups in total. The lowest BCUT2D eigenvalue weighted by molar-refractivity contribution is 0.0808. The van der Waals surface area contributed by atoms with Gasteiger partial charge in [0.05, 0.1) is 17.9 Å². The molecule has 202 valence electrons. The molecule has 5 rings (SSSR count). The highest BCUT2D eigenvalue weighted by Crippen LogP contribution is 2.28. The Morgan fingerprint density at radius 1 is 0.974 bits per heavy atom. The molecule has 1 aromatic carbocycles. The number of nitrogens with one attached hydrogen (secondary N) is 2. The number of amides is 1. The molecule has 0 unspecified atom stereocenters. The molecule has 3 heterocycles. The minimum absolute atomic E-state index is 0.0627. The molecule has 1 fully saturated rings. The van der Waals surface area contributed by atoms with Crippen LogP contribution in [0.2, 0.25) is 0 Å². The molecule has 10 nitrogen and oxygen atoms in total. The minimum atomic E-state index is -0.643. The van der Waals surface area contributed by atoms with Crippen LogP contribution in [0.4, 0.5) is 11.5 Å². The van der Waals surface area contributed by atoms with E-state index >= 15 is 0 Å². The van der Waals surface area contributed by atoms with Crippen LogP contribution >= 0.6 is 0 Å². The maximum absolute atomic E-state index is 13.7. The number of aryl methyl sites for hydroxylation is 3. The first-order chi connectivity index (χ1) is 18.9. The first-order valence-corrected chi connectivity index (χ1v) is 13.4. The molecule has 0 spiro atoms. The number of pyridine rings is 1. The fraction of sp³-hybridized carbons (Fsp3) is 0.379. The van der Waals surface area contributed by atoms with Crippen LogP contribution in [-0.2, 0) is 7.05 Å². The van der Waals surface area contributed by atoms with Crippen molar-refractivity contribution in [1.82, 2.24) is 30.4 Å². The Morgan fingerprint density at radius 3 is 2.31 bits per heavy atom. The minimum Gasteiger partial charge on any atom is -0.340 e. The van der Waals surface area contributed by atoms with Crippen molar-refractivity contribution in [2.24, 2.45) is 13.0 Å². The Morgan fingerprint density at radius 2 is 1.72 bits per heavy atom. The van der Waals surface area contributed by atoms with Crippen LogP contribution in [0.15, 0.2) is 53.4 Å². The summed E-state index contributed by atoms with van der Waals surface area (Å²) in [7, 11) is 1.91. The van der Waals surface area contributed by atoms with Gasteiger partial charge in [0.25, 0.3) is 5.91 Å². The van der Waals surface area contributed by atoms with E-state index in [4.69, 9.17) is 4.63 Å². The fourth-order valence-electron chi connectivity index (χ4n) is 5.30. The number of carbonyl (C=O) groups excluding carboxylic acids is 2. The summed E-state index contributed by atoms with van der Waals surface area (Å²) in [4.78, 5) is 31.2. The summed E-state index contributed by atoms with van der Waals surface area (Å²) in [5.41, 5.74) is 4.96. The van der Waals surface area contributed by atoms with Crippen LogP contribution in [0.1, 0.15) is 70.6 Å². The molecule has 0 radical (unpaired) electrons. The molecule has 1 aliphatic carbocycles. The molecular formula is C29H33N7O3.